The molecule has 1 aromatic rings. The maximum absolute atomic E-state index is 11.5. The number of likely N-dealkylation sites (tertiary alicyclic amines) is 1. The highest BCUT2D eigenvalue weighted by Crippen LogP contribution is 2.19. The second kappa shape index (κ2) is 6.31. The Morgan fingerprint density at radius 2 is 2.19 bits per heavy atom. The van der Waals surface area contributed by atoms with Crippen molar-refractivity contribution in [2.24, 2.45) is 0 Å². The Morgan fingerprint density at radius 1 is 1.48 bits per heavy atom. The van der Waals surface area contributed by atoms with Gasteiger partial charge in [-0.2, -0.15) is 0 Å². The molecule has 0 unspecified atom stereocenters. The van der Waals surface area contributed by atoms with Gasteiger partial charge in [-0.05, 0) is 6.92 Å². The van der Waals surface area contributed by atoms with E-state index in [0.717, 1.165) is 0 Å². The molecule has 1 fully saturated rings. The number of ether oxygens (including phenoxy) is 1. The molecule has 0 aromatic carbocycles. The maximum Gasteiger partial charge on any atom is 0.413 e. The molecule has 0 saturated carbocycles. The van der Waals surface area contributed by atoms with Crippen molar-refractivity contribution in [3.63, 3.8) is 0 Å². The number of amides is 2. The predicted molar refractivity (Wildman–Crippen MR) is 67.6 cm³/mol. The van der Waals surface area contributed by atoms with Gasteiger partial charge in [0.05, 0.1) is 25.4 Å². The number of hydrogen-bond acceptors (Lipinski definition) is 7. The molecule has 1 aliphatic rings. The number of alkyl carbamates (subject to hydrolysis) is 1. The molecular weight excluding hydrogens is 282 g/mol. The standard InChI is InChI=1S/C11H15N5O5/c1-2-21-11(20)12-9(17)6-15-3-7(4-15)16-5-8(10(18)19)13-14-16/h5,7H,2-4,6H2,1H3,(H,18,19)(H,12,17,20). The summed E-state index contributed by atoms with van der Waals surface area (Å²) in [6, 6.07) is -0.0269. The summed E-state index contributed by atoms with van der Waals surface area (Å²) in [5, 5.41) is 18.1. The zero-order valence-corrected chi connectivity index (χ0v) is 11.4. The van der Waals surface area contributed by atoms with Crippen LogP contribution in [0.4, 0.5) is 4.79 Å². The van der Waals surface area contributed by atoms with E-state index >= 15 is 0 Å². The highest BCUT2D eigenvalue weighted by atomic mass is 16.5. The van der Waals surface area contributed by atoms with E-state index in [4.69, 9.17) is 5.11 Å². The van der Waals surface area contributed by atoms with Gasteiger partial charge in [-0.1, -0.05) is 5.21 Å². The van der Waals surface area contributed by atoms with Crippen LogP contribution in [0.3, 0.4) is 0 Å². The Balaban J connectivity index is 1.74. The summed E-state index contributed by atoms with van der Waals surface area (Å²) in [6.45, 7) is 2.96. The van der Waals surface area contributed by atoms with Gasteiger partial charge in [0.2, 0.25) is 5.91 Å². The van der Waals surface area contributed by atoms with Crippen LogP contribution in [0.15, 0.2) is 6.20 Å². The van der Waals surface area contributed by atoms with Crippen molar-refractivity contribution >= 4 is 18.0 Å². The van der Waals surface area contributed by atoms with Crippen molar-refractivity contribution in [3.8, 4) is 0 Å². The average Bonchev–Trinajstić information content (AvgIpc) is 2.82. The lowest BCUT2D eigenvalue weighted by Gasteiger charge is -2.38. The first-order valence-corrected chi connectivity index (χ1v) is 6.33. The van der Waals surface area contributed by atoms with Crippen LogP contribution in [0.5, 0.6) is 0 Å². The predicted octanol–water partition coefficient (Wildman–Crippen LogP) is -0.894. The number of carbonyl (C=O) groups excluding carboxylic acids is 2. The Morgan fingerprint density at radius 3 is 2.76 bits per heavy atom. The fourth-order valence-corrected chi connectivity index (χ4v) is 1.92. The summed E-state index contributed by atoms with van der Waals surface area (Å²) in [4.78, 5) is 35.0. The van der Waals surface area contributed by atoms with Crippen LogP contribution >= 0.6 is 0 Å². The number of imide groups is 1. The lowest BCUT2D eigenvalue weighted by atomic mass is 10.1. The lowest BCUT2D eigenvalue weighted by molar-refractivity contribution is -0.123. The molecule has 0 bridgehead atoms. The molecule has 21 heavy (non-hydrogen) atoms. The normalized spacial score (nSPS) is 15.3. The summed E-state index contributed by atoms with van der Waals surface area (Å²) in [7, 11) is 0. The fourth-order valence-electron chi connectivity index (χ4n) is 1.92. The second-order valence-corrected chi connectivity index (χ2v) is 4.51. The third-order valence-electron chi connectivity index (χ3n) is 2.93. The van der Waals surface area contributed by atoms with Gasteiger partial charge in [-0.15, -0.1) is 5.10 Å². The topological polar surface area (TPSA) is 127 Å². The van der Waals surface area contributed by atoms with Crippen LogP contribution < -0.4 is 5.32 Å². The lowest BCUT2D eigenvalue weighted by Crippen LogP contribution is -2.52. The SMILES string of the molecule is CCOC(=O)NC(=O)CN1CC(n2cc(C(=O)O)nn2)C1. The molecule has 114 valence electrons. The van der Waals surface area contributed by atoms with Crippen molar-refractivity contribution in [1.29, 1.82) is 0 Å². The summed E-state index contributed by atoms with van der Waals surface area (Å²) in [5.41, 5.74) is -0.117. The molecule has 1 aliphatic heterocycles. The first-order chi connectivity index (χ1) is 9.99. The molecular formula is C11H15N5O5. The molecule has 0 atom stereocenters. The van der Waals surface area contributed by atoms with E-state index in [1.165, 1.54) is 10.9 Å². The third kappa shape index (κ3) is 3.75. The van der Waals surface area contributed by atoms with E-state index in [0.29, 0.717) is 13.1 Å². The van der Waals surface area contributed by atoms with Crippen molar-refractivity contribution in [3.05, 3.63) is 11.9 Å². The minimum absolute atomic E-state index is 0.0269. The van der Waals surface area contributed by atoms with Crippen molar-refractivity contribution < 1.29 is 24.2 Å². The van der Waals surface area contributed by atoms with E-state index in [1.807, 2.05) is 0 Å². The van der Waals surface area contributed by atoms with Gasteiger partial charge in [0.25, 0.3) is 0 Å². The minimum Gasteiger partial charge on any atom is -0.476 e. The number of carboxylic acids is 1. The molecule has 0 radical (unpaired) electrons. The smallest absolute Gasteiger partial charge is 0.413 e. The number of carbonyl (C=O) groups is 3. The van der Waals surface area contributed by atoms with Gasteiger partial charge in [0, 0.05) is 13.1 Å². The molecule has 1 saturated heterocycles. The van der Waals surface area contributed by atoms with Crippen molar-refractivity contribution in [2.45, 2.75) is 13.0 Å². The largest absolute Gasteiger partial charge is 0.476 e. The van der Waals surface area contributed by atoms with E-state index in [-0.39, 0.29) is 24.9 Å². The molecule has 0 aliphatic carbocycles. The van der Waals surface area contributed by atoms with Crippen LogP contribution in [-0.2, 0) is 9.53 Å². The number of nitrogens with zero attached hydrogens (tertiary/aromatic N) is 4. The second-order valence-electron chi connectivity index (χ2n) is 4.51. The van der Waals surface area contributed by atoms with Gasteiger partial charge >= 0.3 is 12.1 Å². The van der Waals surface area contributed by atoms with Crippen molar-refractivity contribution in [1.82, 2.24) is 25.2 Å². The summed E-state index contributed by atoms with van der Waals surface area (Å²) in [5.74, 6) is -1.58. The Bertz CT molecular complexity index is 551. The first-order valence-electron chi connectivity index (χ1n) is 6.33. The Kier molecular flexibility index (Phi) is 4.48. The highest BCUT2D eigenvalue weighted by Gasteiger charge is 2.31. The van der Waals surface area contributed by atoms with Gasteiger partial charge < -0.3 is 9.84 Å². The zero-order valence-electron chi connectivity index (χ0n) is 11.4. The van der Waals surface area contributed by atoms with Gasteiger partial charge in [0.15, 0.2) is 5.69 Å². The molecule has 2 heterocycles. The molecule has 2 N–H and O–H groups in total. The van der Waals surface area contributed by atoms with Gasteiger partial charge in [-0.3, -0.25) is 15.0 Å². The first kappa shape index (κ1) is 14.9. The van der Waals surface area contributed by atoms with E-state index in [1.54, 1.807) is 11.8 Å². The van der Waals surface area contributed by atoms with Gasteiger partial charge in [0.1, 0.15) is 0 Å². The Hall–Kier alpha value is -2.49. The monoisotopic (exact) mass is 297 g/mol. The van der Waals surface area contributed by atoms with Crippen LogP contribution in [0.1, 0.15) is 23.5 Å². The van der Waals surface area contributed by atoms with E-state index < -0.39 is 18.0 Å². The Labute approximate surface area is 119 Å². The number of rotatable bonds is 5. The average molecular weight is 297 g/mol. The number of aromatic nitrogens is 3. The summed E-state index contributed by atoms with van der Waals surface area (Å²) in [6.07, 6.45) is 0.588. The van der Waals surface area contributed by atoms with Gasteiger partial charge in [-0.25, -0.2) is 14.3 Å². The number of carboxylic acid groups (broad SMARTS) is 1. The molecule has 2 rings (SSSR count). The molecule has 1 aromatic heterocycles. The summed E-state index contributed by atoms with van der Waals surface area (Å²) >= 11 is 0. The fraction of sp³-hybridized carbons (Fsp3) is 0.545. The van der Waals surface area contributed by atoms with Crippen molar-refractivity contribution in [2.75, 3.05) is 26.2 Å². The summed E-state index contributed by atoms with van der Waals surface area (Å²) < 4.78 is 6.06. The molecule has 0 spiro atoms. The quantitative estimate of drug-likeness (QED) is 0.716. The number of nitrogens with one attached hydrogen (secondary N) is 1. The molecule has 2 amide bonds. The van der Waals surface area contributed by atoms with E-state index in [9.17, 15) is 14.4 Å². The zero-order chi connectivity index (χ0) is 15.4. The van der Waals surface area contributed by atoms with E-state index in [2.05, 4.69) is 20.4 Å². The van der Waals surface area contributed by atoms with Crippen LogP contribution in [-0.4, -0.2) is 69.2 Å². The number of aromatic carboxylic acids is 1. The maximum atomic E-state index is 11.5. The molecule has 10 nitrogen and oxygen atoms in total. The number of hydrogen-bond donors (Lipinski definition) is 2. The molecule has 10 heteroatoms. The highest BCUT2D eigenvalue weighted by molar-refractivity contribution is 5.92. The minimum atomic E-state index is -1.13. The van der Waals surface area contributed by atoms with Crippen LogP contribution in [0.25, 0.3) is 0 Å². The third-order valence-corrected chi connectivity index (χ3v) is 2.93. The van der Waals surface area contributed by atoms with Crippen LogP contribution in [0.2, 0.25) is 0 Å². The van der Waals surface area contributed by atoms with Crippen LogP contribution in [0, 0.1) is 0 Å².